The fourth-order valence-electron chi connectivity index (χ4n) is 2.04. The Hall–Kier alpha value is -1.56. The van der Waals surface area contributed by atoms with Gasteiger partial charge in [-0.3, -0.25) is 0 Å². The lowest BCUT2D eigenvalue weighted by Crippen LogP contribution is -2.50. The van der Waals surface area contributed by atoms with E-state index < -0.39 is 32.3 Å². The largest absolute Gasteiger partial charge is 0.444 e. The maximum Gasteiger partial charge on any atom is 0.408 e. The number of hydrogen-bond donors (Lipinski definition) is 1. The minimum Gasteiger partial charge on any atom is -0.444 e. The Bertz CT molecular complexity index is 649. The van der Waals surface area contributed by atoms with E-state index in [-0.39, 0.29) is 4.90 Å². The van der Waals surface area contributed by atoms with Gasteiger partial charge in [0.2, 0.25) is 0 Å². The molecule has 0 aliphatic carbocycles. The molecule has 5 nitrogen and oxygen atoms in total. The maximum atomic E-state index is 12.9. The Labute approximate surface area is 139 Å². The van der Waals surface area contributed by atoms with Crippen molar-refractivity contribution in [3.8, 4) is 0 Å². The van der Waals surface area contributed by atoms with Crippen LogP contribution in [0.25, 0.3) is 0 Å². The van der Waals surface area contributed by atoms with Gasteiger partial charge < -0.3 is 10.1 Å². The van der Waals surface area contributed by atoms with Crippen molar-refractivity contribution in [1.29, 1.82) is 0 Å². The zero-order valence-electron chi connectivity index (χ0n) is 14.9. The van der Waals surface area contributed by atoms with Gasteiger partial charge in [0.05, 0.1) is 4.90 Å². The highest BCUT2D eigenvalue weighted by molar-refractivity contribution is 7.92. The van der Waals surface area contributed by atoms with Crippen molar-refractivity contribution in [2.75, 3.05) is 0 Å². The van der Waals surface area contributed by atoms with Crippen LogP contribution in [0.2, 0.25) is 0 Å². The molecule has 1 atom stereocenters. The number of sulfone groups is 1. The quantitative estimate of drug-likeness (QED) is 0.910. The molecular weight excluding hydrogens is 314 g/mol. The van der Waals surface area contributed by atoms with Gasteiger partial charge in [0.1, 0.15) is 11.0 Å². The molecule has 1 amide bonds. The highest BCUT2D eigenvalue weighted by atomic mass is 32.2. The van der Waals surface area contributed by atoms with E-state index in [1.165, 1.54) is 0 Å². The van der Waals surface area contributed by atoms with Gasteiger partial charge in [-0.05, 0) is 45.2 Å². The van der Waals surface area contributed by atoms with Gasteiger partial charge in [0.15, 0.2) is 9.84 Å². The molecule has 0 radical (unpaired) electrons. The Morgan fingerprint density at radius 2 is 1.52 bits per heavy atom. The topological polar surface area (TPSA) is 72.5 Å². The van der Waals surface area contributed by atoms with Crippen molar-refractivity contribution < 1.29 is 17.9 Å². The minimum absolute atomic E-state index is 0.180. The van der Waals surface area contributed by atoms with Crippen LogP contribution in [0.15, 0.2) is 29.2 Å². The molecule has 0 saturated carbocycles. The van der Waals surface area contributed by atoms with Gasteiger partial charge in [-0.2, -0.15) is 0 Å². The number of nitrogens with one attached hydrogen (secondary N) is 1. The maximum absolute atomic E-state index is 12.9. The van der Waals surface area contributed by atoms with Crippen molar-refractivity contribution >= 4 is 15.9 Å². The molecule has 0 saturated heterocycles. The third-order valence-corrected chi connectivity index (χ3v) is 5.47. The first kappa shape index (κ1) is 19.5. The molecule has 6 heteroatoms. The molecule has 23 heavy (non-hydrogen) atoms. The van der Waals surface area contributed by atoms with Crippen LogP contribution in [0.1, 0.15) is 47.1 Å². The summed E-state index contributed by atoms with van der Waals surface area (Å²) < 4.78 is 31.0. The second-order valence-electron chi connectivity index (χ2n) is 7.75. The number of amides is 1. The van der Waals surface area contributed by atoms with Gasteiger partial charge >= 0.3 is 6.09 Å². The Kier molecular flexibility index (Phi) is 5.52. The summed E-state index contributed by atoms with van der Waals surface area (Å²) in [4.78, 5) is 12.2. The van der Waals surface area contributed by atoms with E-state index in [1.54, 1.807) is 65.8 Å². The third kappa shape index (κ3) is 5.53. The Morgan fingerprint density at radius 1 is 1.04 bits per heavy atom. The molecule has 1 aromatic rings. The second-order valence-corrected chi connectivity index (χ2v) is 9.78. The van der Waals surface area contributed by atoms with Gasteiger partial charge in [0.25, 0.3) is 0 Å². The van der Waals surface area contributed by atoms with Gasteiger partial charge in [-0.1, -0.05) is 38.5 Å². The van der Waals surface area contributed by atoms with Crippen molar-refractivity contribution in [3.63, 3.8) is 0 Å². The lowest BCUT2D eigenvalue weighted by Gasteiger charge is -2.32. The lowest BCUT2D eigenvalue weighted by atomic mass is 9.96. The molecule has 0 spiro atoms. The van der Waals surface area contributed by atoms with Crippen LogP contribution in [0.5, 0.6) is 0 Å². The normalized spacial score (nSPS) is 14.2. The van der Waals surface area contributed by atoms with Crippen LogP contribution in [0.4, 0.5) is 4.79 Å². The first-order valence-corrected chi connectivity index (χ1v) is 9.08. The number of carbonyl (C=O) groups excluding carboxylic acids is 1. The smallest absolute Gasteiger partial charge is 0.408 e. The molecule has 0 aliphatic heterocycles. The summed E-state index contributed by atoms with van der Waals surface area (Å²) in [6.07, 6.45) is -0.742. The molecular formula is C17H27NO4S. The van der Waals surface area contributed by atoms with E-state index in [0.717, 1.165) is 5.56 Å². The standard InChI is InChI=1S/C17H27NO4S/c1-12-8-10-13(11-9-12)23(20,21)14(16(2,3)4)18-15(19)22-17(5,6)7/h8-11,14H,1-7H3,(H,18,19). The monoisotopic (exact) mass is 341 g/mol. The predicted octanol–water partition coefficient (Wildman–Crippen LogP) is 3.67. The van der Waals surface area contributed by atoms with Crippen molar-refractivity contribution in [2.24, 2.45) is 5.41 Å². The molecule has 1 aromatic carbocycles. The molecule has 1 N–H and O–H groups in total. The van der Waals surface area contributed by atoms with Crippen LogP contribution < -0.4 is 5.32 Å². The number of rotatable bonds is 3. The summed E-state index contributed by atoms with van der Waals surface area (Å²) in [5, 5.41) is 1.43. The molecule has 0 heterocycles. The van der Waals surface area contributed by atoms with Gasteiger partial charge in [0, 0.05) is 0 Å². The average molecular weight is 341 g/mol. The van der Waals surface area contributed by atoms with Crippen LogP contribution >= 0.6 is 0 Å². The second kappa shape index (κ2) is 6.51. The Balaban J connectivity index is 3.16. The van der Waals surface area contributed by atoms with Crippen LogP contribution in [-0.4, -0.2) is 25.5 Å². The molecule has 0 fully saturated rings. The third-order valence-electron chi connectivity index (χ3n) is 3.09. The predicted molar refractivity (Wildman–Crippen MR) is 91.0 cm³/mol. The SMILES string of the molecule is Cc1ccc(S(=O)(=O)C(NC(=O)OC(C)(C)C)C(C)(C)C)cc1. The number of alkyl carbamates (subject to hydrolysis) is 1. The van der Waals surface area contributed by atoms with E-state index in [9.17, 15) is 13.2 Å². The molecule has 130 valence electrons. The Morgan fingerprint density at radius 3 is 1.91 bits per heavy atom. The lowest BCUT2D eigenvalue weighted by molar-refractivity contribution is 0.0494. The van der Waals surface area contributed by atoms with E-state index in [4.69, 9.17) is 4.74 Å². The molecule has 0 aromatic heterocycles. The number of hydrogen-bond acceptors (Lipinski definition) is 4. The number of aryl methyl sites for hydroxylation is 1. The number of ether oxygens (including phenoxy) is 1. The average Bonchev–Trinajstić information content (AvgIpc) is 2.33. The summed E-state index contributed by atoms with van der Waals surface area (Å²) in [5.41, 5.74) is -0.419. The summed E-state index contributed by atoms with van der Waals surface area (Å²) in [5.74, 6) is 0. The van der Waals surface area contributed by atoms with Crippen molar-refractivity contribution in [3.05, 3.63) is 29.8 Å². The van der Waals surface area contributed by atoms with Gasteiger partial charge in [-0.25, -0.2) is 13.2 Å². The van der Waals surface area contributed by atoms with Crippen LogP contribution in [0.3, 0.4) is 0 Å². The minimum atomic E-state index is -3.74. The molecule has 1 rings (SSSR count). The highest BCUT2D eigenvalue weighted by Crippen LogP contribution is 2.29. The number of carbonyl (C=O) groups is 1. The van der Waals surface area contributed by atoms with E-state index in [2.05, 4.69) is 5.32 Å². The zero-order valence-corrected chi connectivity index (χ0v) is 15.7. The molecule has 0 bridgehead atoms. The number of benzene rings is 1. The van der Waals surface area contributed by atoms with E-state index >= 15 is 0 Å². The summed E-state index contributed by atoms with van der Waals surface area (Å²) in [6, 6.07) is 6.58. The first-order valence-electron chi connectivity index (χ1n) is 7.53. The van der Waals surface area contributed by atoms with Gasteiger partial charge in [-0.15, -0.1) is 0 Å². The van der Waals surface area contributed by atoms with Crippen molar-refractivity contribution in [1.82, 2.24) is 5.32 Å². The summed E-state index contributed by atoms with van der Waals surface area (Å²) in [7, 11) is -3.74. The summed E-state index contributed by atoms with van der Waals surface area (Å²) >= 11 is 0. The van der Waals surface area contributed by atoms with E-state index in [0.29, 0.717) is 0 Å². The first-order chi connectivity index (χ1) is 10.2. The van der Waals surface area contributed by atoms with E-state index in [1.807, 2.05) is 6.92 Å². The molecule has 1 unspecified atom stereocenters. The fourth-order valence-corrected chi connectivity index (χ4v) is 4.01. The highest BCUT2D eigenvalue weighted by Gasteiger charge is 2.39. The van der Waals surface area contributed by atoms with Crippen LogP contribution in [0, 0.1) is 12.3 Å². The molecule has 0 aliphatic rings. The fraction of sp³-hybridized carbons (Fsp3) is 0.588. The van der Waals surface area contributed by atoms with Crippen molar-refractivity contribution in [2.45, 2.75) is 64.3 Å². The summed E-state index contributed by atoms with van der Waals surface area (Å²) in [6.45, 7) is 12.4. The van der Waals surface area contributed by atoms with Crippen LogP contribution in [-0.2, 0) is 14.6 Å². The zero-order chi connectivity index (χ0) is 18.1.